The highest BCUT2D eigenvalue weighted by Gasteiger charge is 2.09. The number of nitrogens with one attached hydrogen (secondary N) is 2. The first-order chi connectivity index (χ1) is 14.1. The predicted molar refractivity (Wildman–Crippen MR) is 116 cm³/mol. The molecule has 0 atom stereocenters. The summed E-state index contributed by atoms with van der Waals surface area (Å²) in [6, 6.07) is 18.0. The van der Waals surface area contributed by atoms with E-state index in [4.69, 9.17) is 0 Å². The maximum atomic E-state index is 13.7. The van der Waals surface area contributed by atoms with E-state index in [1.54, 1.807) is 30.5 Å². The summed E-state index contributed by atoms with van der Waals surface area (Å²) in [7, 11) is 0. The first kappa shape index (κ1) is 20.3. The minimum absolute atomic E-state index is 0.0345. The lowest BCUT2D eigenvalue weighted by Crippen LogP contribution is -2.21. The Kier molecular flexibility index (Phi) is 6.79. The van der Waals surface area contributed by atoms with Crippen molar-refractivity contribution >= 4 is 28.8 Å². The van der Waals surface area contributed by atoms with Crippen LogP contribution in [-0.2, 0) is 11.2 Å². The van der Waals surface area contributed by atoms with Crippen LogP contribution in [0.3, 0.4) is 0 Å². The smallest absolute Gasteiger partial charge is 0.230 e. The van der Waals surface area contributed by atoms with Gasteiger partial charge in [0.2, 0.25) is 5.91 Å². The van der Waals surface area contributed by atoms with Crippen molar-refractivity contribution in [2.75, 3.05) is 28.6 Å². The van der Waals surface area contributed by atoms with Gasteiger partial charge < -0.3 is 15.5 Å². The van der Waals surface area contributed by atoms with Crippen LogP contribution in [0.5, 0.6) is 0 Å². The second kappa shape index (κ2) is 9.68. The standard InChI is InChI=1S/C23H25FN4O/c1-3-28(4-2)20-12-9-18(10-13-20)26-19-11-14-22(25-16-19)27-23(29)15-17-7-5-6-8-21(17)24/h5-14,16,26H,3-4,15H2,1-2H3,(H,25,27,29). The number of carbonyl (C=O) groups excluding carboxylic acids is 1. The van der Waals surface area contributed by atoms with Crippen LogP contribution in [0, 0.1) is 5.82 Å². The Morgan fingerprint density at radius 2 is 1.66 bits per heavy atom. The summed E-state index contributed by atoms with van der Waals surface area (Å²) in [6.07, 6.45) is 1.62. The van der Waals surface area contributed by atoms with E-state index in [1.165, 1.54) is 11.8 Å². The number of benzene rings is 2. The van der Waals surface area contributed by atoms with Crippen LogP contribution in [0.25, 0.3) is 0 Å². The molecule has 150 valence electrons. The van der Waals surface area contributed by atoms with Gasteiger partial charge in [-0.25, -0.2) is 9.37 Å². The Hall–Kier alpha value is -3.41. The van der Waals surface area contributed by atoms with Crippen LogP contribution in [0.2, 0.25) is 0 Å². The Bertz CT molecular complexity index is 938. The van der Waals surface area contributed by atoms with Crippen molar-refractivity contribution in [3.05, 3.63) is 78.2 Å². The van der Waals surface area contributed by atoms with Gasteiger partial charge in [-0.15, -0.1) is 0 Å². The predicted octanol–water partition coefficient (Wildman–Crippen LogP) is 4.99. The van der Waals surface area contributed by atoms with E-state index in [9.17, 15) is 9.18 Å². The van der Waals surface area contributed by atoms with Gasteiger partial charge in [-0.2, -0.15) is 0 Å². The van der Waals surface area contributed by atoms with Crippen molar-refractivity contribution in [1.82, 2.24) is 4.98 Å². The summed E-state index contributed by atoms with van der Waals surface area (Å²) in [5, 5.41) is 5.98. The molecule has 0 saturated heterocycles. The van der Waals surface area contributed by atoms with Crippen LogP contribution in [0.1, 0.15) is 19.4 Å². The third kappa shape index (κ3) is 5.54. The van der Waals surface area contributed by atoms with Gasteiger partial charge in [0.25, 0.3) is 0 Å². The van der Waals surface area contributed by atoms with Gasteiger partial charge in [0.15, 0.2) is 0 Å². The molecule has 1 heterocycles. The number of hydrogen-bond donors (Lipinski definition) is 2. The zero-order chi connectivity index (χ0) is 20.6. The molecule has 0 saturated carbocycles. The highest BCUT2D eigenvalue weighted by Crippen LogP contribution is 2.21. The summed E-state index contributed by atoms with van der Waals surface area (Å²) in [5.41, 5.74) is 3.31. The molecule has 1 amide bonds. The maximum Gasteiger partial charge on any atom is 0.230 e. The molecule has 0 aliphatic heterocycles. The van der Waals surface area contributed by atoms with E-state index in [2.05, 4.69) is 46.5 Å². The number of rotatable bonds is 8. The molecule has 6 heteroatoms. The first-order valence-electron chi connectivity index (χ1n) is 9.70. The summed E-state index contributed by atoms with van der Waals surface area (Å²) >= 11 is 0. The van der Waals surface area contributed by atoms with E-state index in [1.807, 2.05) is 18.2 Å². The van der Waals surface area contributed by atoms with Crippen LogP contribution >= 0.6 is 0 Å². The number of nitrogens with zero attached hydrogens (tertiary/aromatic N) is 2. The third-order valence-electron chi connectivity index (χ3n) is 4.62. The molecule has 5 nitrogen and oxygen atoms in total. The first-order valence-corrected chi connectivity index (χ1v) is 9.70. The average Bonchev–Trinajstić information content (AvgIpc) is 2.73. The fourth-order valence-electron chi connectivity index (χ4n) is 3.05. The Labute approximate surface area is 170 Å². The van der Waals surface area contributed by atoms with E-state index in [0.29, 0.717) is 11.4 Å². The van der Waals surface area contributed by atoms with Gasteiger partial charge in [-0.3, -0.25) is 4.79 Å². The Balaban J connectivity index is 1.57. The van der Waals surface area contributed by atoms with Crippen molar-refractivity contribution in [2.45, 2.75) is 20.3 Å². The second-order valence-corrected chi connectivity index (χ2v) is 6.59. The molecule has 0 aliphatic carbocycles. The lowest BCUT2D eigenvalue weighted by molar-refractivity contribution is -0.115. The quantitative estimate of drug-likeness (QED) is 0.567. The summed E-state index contributed by atoms with van der Waals surface area (Å²) in [5.74, 6) is -0.272. The number of amides is 1. The number of halogens is 1. The number of carbonyl (C=O) groups is 1. The Morgan fingerprint density at radius 1 is 0.966 bits per heavy atom. The third-order valence-corrected chi connectivity index (χ3v) is 4.62. The minimum Gasteiger partial charge on any atom is -0.372 e. The van der Waals surface area contributed by atoms with Crippen LogP contribution in [0.15, 0.2) is 66.9 Å². The zero-order valence-electron chi connectivity index (χ0n) is 16.7. The molecule has 1 aromatic heterocycles. The molecule has 3 rings (SSSR count). The van der Waals surface area contributed by atoms with E-state index in [0.717, 1.165) is 24.5 Å². The molecule has 29 heavy (non-hydrogen) atoms. The van der Waals surface area contributed by atoms with E-state index < -0.39 is 0 Å². The Morgan fingerprint density at radius 3 is 2.28 bits per heavy atom. The molecule has 0 spiro atoms. The number of anilines is 4. The van der Waals surface area contributed by atoms with Crippen molar-refractivity contribution in [3.8, 4) is 0 Å². The van der Waals surface area contributed by atoms with Crippen molar-refractivity contribution in [3.63, 3.8) is 0 Å². The maximum absolute atomic E-state index is 13.7. The molecule has 0 fully saturated rings. The summed E-state index contributed by atoms with van der Waals surface area (Å²) in [6.45, 7) is 6.21. The molecule has 0 bridgehead atoms. The fourth-order valence-corrected chi connectivity index (χ4v) is 3.05. The fraction of sp³-hybridized carbons (Fsp3) is 0.217. The largest absolute Gasteiger partial charge is 0.372 e. The van der Waals surface area contributed by atoms with Gasteiger partial charge >= 0.3 is 0 Å². The van der Waals surface area contributed by atoms with Crippen molar-refractivity contribution in [2.24, 2.45) is 0 Å². The summed E-state index contributed by atoms with van der Waals surface area (Å²) < 4.78 is 13.7. The van der Waals surface area contributed by atoms with E-state index >= 15 is 0 Å². The average molecular weight is 392 g/mol. The number of pyridine rings is 1. The monoisotopic (exact) mass is 392 g/mol. The number of hydrogen-bond acceptors (Lipinski definition) is 4. The SMILES string of the molecule is CCN(CC)c1ccc(Nc2ccc(NC(=O)Cc3ccccc3F)nc2)cc1. The van der Waals surface area contributed by atoms with Crippen molar-refractivity contribution in [1.29, 1.82) is 0 Å². The molecule has 3 aromatic rings. The lowest BCUT2D eigenvalue weighted by Gasteiger charge is -2.21. The topological polar surface area (TPSA) is 57.3 Å². The normalized spacial score (nSPS) is 10.4. The highest BCUT2D eigenvalue weighted by molar-refractivity contribution is 5.91. The molecule has 0 radical (unpaired) electrons. The van der Waals surface area contributed by atoms with Crippen LogP contribution < -0.4 is 15.5 Å². The number of aromatic nitrogens is 1. The van der Waals surface area contributed by atoms with Gasteiger partial charge in [0.05, 0.1) is 18.3 Å². The van der Waals surface area contributed by atoms with Gasteiger partial charge in [-0.05, 0) is 61.9 Å². The van der Waals surface area contributed by atoms with E-state index in [-0.39, 0.29) is 18.1 Å². The molecular weight excluding hydrogens is 367 g/mol. The van der Waals surface area contributed by atoms with Gasteiger partial charge in [0.1, 0.15) is 11.6 Å². The zero-order valence-corrected chi connectivity index (χ0v) is 16.7. The van der Waals surface area contributed by atoms with Crippen LogP contribution in [0.4, 0.5) is 27.3 Å². The highest BCUT2D eigenvalue weighted by atomic mass is 19.1. The minimum atomic E-state index is -0.387. The molecule has 2 N–H and O–H groups in total. The summed E-state index contributed by atoms with van der Waals surface area (Å²) in [4.78, 5) is 18.6. The lowest BCUT2D eigenvalue weighted by atomic mass is 10.1. The van der Waals surface area contributed by atoms with Gasteiger partial charge in [0, 0.05) is 24.5 Å². The molecule has 2 aromatic carbocycles. The second-order valence-electron chi connectivity index (χ2n) is 6.59. The van der Waals surface area contributed by atoms with Crippen molar-refractivity contribution < 1.29 is 9.18 Å². The molecule has 0 aliphatic rings. The molecule has 0 unspecified atom stereocenters. The van der Waals surface area contributed by atoms with Gasteiger partial charge in [-0.1, -0.05) is 18.2 Å². The molecular formula is C23H25FN4O. The van der Waals surface area contributed by atoms with Crippen LogP contribution in [-0.4, -0.2) is 24.0 Å².